The first-order valence-electron chi connectivity index (χ1n) is 21.6. The van der Waals surface area contributed by atoms with Crippen molar-refractivity contribution >= 4 is 29.9 Å². The highest BCUT2D eigenvalue weighted by molar-refractivity contribution is 5.99. The summed E-state index contributed by atoms with van der Waals surface area (Å²) in [5, 5.41) is 9.84. The van der Waals surface area contributed by atoms with Gasteiger partial charge in [0.15, 0.2) is 0 Å². The maximum Gasteiger partial charge on any atom is 0.409 e. The van der Waals surface area contributed by atoms with Gasteiger partial charge in [0, 0.05) is 61.8 Å². The second-order valence-corrected chi connectivity index (χ2v) is 16.2. The minimum Gasteiger partial charge on any atom is -0.493 e. The van der Waals surface area contributed by atoms with Crippen LogP contribution in [0.5, 0.6) is 5.75 Å². The number of carbonyl (C=O) groups is 4. The summed E-state index contributed by atoms with van der Waals surface area (Å²) in [7, 11) is 0. The number of piperidine rings is 1. The lowest BCUT2D eigenvalue weighted by molar-refractivity contribution is -0.144. The first-order chi connectivity index (χ1) is 30.5. The van der Waals surface area contributed by atoms with Crippen molar-refractivity contribution in [3.8, 4) is 17.2 Å². The third kappa shape index (κ3) is 12.8. The van der Waals surface area contributed by atoms with Crippen molar-refractivity contribution in [3.05, 3.63) is 148 Å². The van der Waals surface area contributed by atoms with Gasteiger partial charge in [0.05, 0.1) is 31.4 Å². The predicted octanol–water partition coefficient (Wildman–Crippen LogP) is 9.28. The molecule has 0 radical (unpaired) electrons. The molecule has 2 aliphatic heterocycles. The predicted molar refractivity (Wildman–Crippen MR) is 240 cm³/mol. The highest BCUT2D eigenvalue weighted by Gasteiger charge is 2.37. The van der Waals surface area contributed by atoms with Crippen LogP contribution in [-0.2, 0) is 32.0 Å². The molecule has 1 unspecified atom stereocenters. The van der Waals surface area contributed by atoms with Crippen LogP contribution in [0.1, 0.15) is 78.0 Å². The Hall–Kier alpha value is -6.53. The SMILES string of the molecule is CCOC(=O)C1=C(c2cccc(C=O)c2)CN(Cc2ccccc2)CC1.Cc1oc(-c2ccccc2)nc1CCOc1cccc(C2CN(C(=O)OCC(C)C)CC[C@@H]2C(=O)O)c1. The summed E-state index contributed by atoms with van der Waals surface area (Å²) in [6, 6.07) is 34.9. The van der Waals surface area contributed by atoms with Gasteiger partial charge in [-0.1, -0.05) is 92.7 Å². The van der Waals surface area contributed by atoms with Crippen molar-refractivity contribution in [1.82, 2.24) is 14.8 Å². The molecule has 330 valence electrons. The van der Waals surface area contributed by atoms with Gasteiger partial charge < -0.3 is 28.6 Å². The van der Waals surface area contributed by atoms with Crippen LogP contribution in [0.4, 0.5) is 4.79 Å². The molecule has 0 bridgehead atoms. The highest BCUT2D eigenvalue weighted by atomic mass is 16.6. The summed E-state index contributed by atoms with van der Waals surface area (Å²) in [4.78, 5) is 56.7. The molecule has 5 aromatic rings. The van der Waals surface area contributed by atoms with Crippen LogP contribution < -0.4 is 4.74 Å². The third-order valence-electron chi connectivity index (χ3n) is 11.1. The van der Waals surface area contributed by atoms with E-state index in [4.69, 9.17) is 18.6 Å². The standard InChI is InChI=1S/C29H34N2O6.C22H23NO3/c1-19(2)18-36-29(34)31-14-12-24(28(32)33)25(17-31)22-10-7-11-23(16-22)35-15-13-26-20(3)37-27(30-26)21-8-5-4-6-9-21;1-2-26-22(25)20-11-12-23(14-17-7-4-3-5-8-17)15-21(20)19-10-6-9-18(13-19)16-24/h4-11,16,19,24-25H,12-15,17-18H2,1-3H3,(H,32,33);3-10,13,16H,2,11-12,14-15H2,1H3/t24-,25?;/m0./s1. The Morgan fingerprint density at radius 2 is 1.63 bits per heavy atom. The zero-order valence-electron chi connectivity index (χ0n) is 36.5. The number of rotatable bonds is 15. The van der Waals surface area contributed by atoms with Crippen molar-refractivity contribution < 1.29 is 42.9 Å². The average Bonchev–Trinajstić information content (AvgIpc) is 3.68. The van der Waals surface area contributed by atoms with Gasteiger partial charge in [-0.25, -0.2) is 14.6 Å². The van der Waals surface area contributed by atoms with Crippen LogP contribution in [0, 0.1) is 18.8 Å². The smallest absolute Gasteiger partial charge is 0.409 e. The molecule has 3 heterocycles. The number of ether oxygens (including phenoxy) is 3. The number of oxazole rings is 1. The Morgan fingerprint density at radius 3 is 2.35 bits per heavy atom. The molecule has 2 aliphatic rings. The first kappa shape index (κ1) is 46.0. The molecule has 0 saturated carbocycles. The molecule has 63 heavy (non-hydrogen) atoms. The van der Waals surface area contributed by atoms with Crippen molar-refractivity contribution in [2.45, 2.75) is 59.4 Å². The van der Waals surface area contributed by atoms with E-state index in [-0.39, 0.29) is 24.3 Å². The molecule has 12 nitrogen and oxygen atoms in total. The number of carboxylic acid groups (broad SMARTS) is 1. The Bertz CT molecular complexity index is 2340. The maximum atomic E-state index is 12.5. The molecule has 12 heteroatoms. The lowest BCUT2D eigenvalue weighted by Crippen LogP contribution is -2.45. The number of hydrogen-bond donors (Lipinski definition) is 1. The molecule has 1 amide bonds. The number of carbonyl (C=O) groups excluding carboxylic acids is 3. The maximum absolute atomic E-state index is 12.5. The Kier molecular flexibility index (Phi) is 16.4. The molecule has 7 rings (SSSR count). The van der Waals surface area contributed by atoms with Gasteiger partial charge >= 0.3 is 18.0 Å². The van der Waals surface area contributed by atoms with E-state index in [1.54, 1.807) is 11.0 Å². The number of esters is 1. The van der Waals surface area contributed by atoms with Gasteiger partial charge in [0.1, 0.15) is 17.8 Å². The zero-order chi connectivity index (χ0) is 44.7. The number of benzene rings is 4. The average molecular weight is 856 g/mol. The lowest BCUT2D eigenvalue weighted by atomic mass is 9.81. The largest absolute Gasteiger partial charge is 0.493 e. The Morgan fingerprint density at radius 1 is 0.905 bits per heavy atom. The number of likely N-dealkylation sites (tertiary alicyclic amines) is 1. The summed E-state index contributed by atoms with van der Waals surface area (Å²) in [6.07, 6.45) is 2.03. The van der Waals surface area contributed by atoms with E-state index in [9.17, 15) is 24.3 Å². The molecule has 1 aromatic heterocycles. The number of aliphatic carboxylic acids is 1. The van der Waals surface area contributed by atoms with Crippen LogP contribution in [0.2, 0.25) is 0 Å². The van der Waals surface area contributed by atoms with E-state index in [1.165, 1.54) is 5.56 Å². The quantitative estimate of drug-likeness (QED) is 0.0794. The fourth-order valence-electron chi connectivity index (χ4n) is 7.85. The summed E-state index contributed by atoms with van der Waals surface area (Å²) >= 11 is 0. The van der Waals surface area contributed by atoms with Crippen molar-refractivity contribution in [1.29, 1.82) is 0 Å². The highest BCUT2D eigenvalue weighted by Crippen LogP contribution is 2.35. The van der Waals surface area contributed by atoms with Crippen LogP contribution in [0.3, 0.4) is 0 Å². The minimum atomic E-state index is -0.859. The van der Waals surface area contributed by atoms with E-state index in [1.807, 2.05) is 119 Å². The number of nitrogens with zero attached hydrogens (tertiary/aromatic N) is 3. The number of aromatic nitrogens is 1. The Balaban J connectivity index is 0.000000223. The molecule has 0 spiro atoms. The zero-order valence-corrected chi connectivity index (χ0v) is 36.5. The normalized spacial score (nSPS) is 16.5. The van der Waals surface area contributed by atoms with Gasteiger partial charge in [0.25, 0.3) is 0 Å². The van der Waals surface area contributed by atoms with Crippen LogP contribution in [-0.4, -0.2) is 90.2 Å². The topological polar surface area (TPSA) is 149 Å². The minimum absolute atomic E-state index is 0.232. The van der Waals surface area contributed by atoms with E-state index >= 15 is 0 Å². The third-order valence-corrected chi connectivity index (χ3v) is 11.1. The monoisotopic (exact) mass is 855 g/mol. The summed E-state index contributed by atoms with van der Waals surface area (Å²) < 4.78 is 22.5. The fraction of sp³-hybridized carbons (Fsp3) is 0.353. The molecule has 1 saturated heterocycles. The van der Waals surface area contributed by atoms with Crippen molar-refractivity contribution in [3.63, 3.8) is 0 Å². The van der Waals surface area contributed by atoms with Gasteiger partial charge in [-0.2, -0.15) is 0 Å². The summed E-state index contributed by atoms with van der Waals surface area (Å²) in [5.41, 5.74) is 7.03. The number of carboxylic acids is 1. The second kappa shape index (κ2) is 22.5. The van der Waals surface area contributed by atoms with Crippen LogP contribution in [0.25, 0.3) is 17.0 Å². The van der Waals surface area contributed by atoms with Gasteiger partial charge in [-0.3, -0.25) is 14.5 Å². The van der Waals surface area contributed by atoms with Gasteiger partial charge in [0.2, 0.25) is 5.89 Å². The molecule has 0 aliphatic carbocycles. The van der Waals surface area contributed by atoms with Crippen molar-refractivity contribution in [2.75, 3.05) is 46.0 Å². The first-order valence-corrected chi connectivity index (χ1v) is 21.6. The number of amides is 1. The summed E-state index contributed by atoms with van der Waals surface area (Å²) in [6.45, 7) is 11.7. The molecular weight excluding hydrogens is 799 g/mol. The fourth-order valence-corrected chi connectivity index (χ4v) is 7.85. The van der Waals surface area contributed by atoms with E-state index in [0.29, 0.717) is 69.4 Å². The van der Waals surface area contributed by atoms with Gasteiger partial charge in [-0.15, -0.1) is 0 Å². The number of hydrogen-bond acceptors (Lipinski definition) is 10. The molecule has 1 fully saturated rings. The Labute approximate surface area is 369 Å². The van der Waals surface area contributed by atoms with E-state index in [2.05, 4.69) is 22.0 Å². The molecule has 2 atom stereocenters. The second-order valence-electron chi connectivity index (χ2n) is 16.2. The molecular formula is C51H57N3O9. The molecule has 4 aromatic carbocycles. The van der Waals surface area contributed by atoms with Crippen LogP contribution in [0.15, 0.2) is 119 Å². The van der Waals surface area contributed by atoms with E-state index < -0.39 is 18.0 Å². The number of aryl methyl sites for hydroxylation is 1. The molecule has 1 N–H and O–H groups in total. The van der Waals surface area contributed by atoms with Crippen LogP contribution >= 0.6 is 0 Å². The van der Waals surface area contributed by atoms with Gasteiger partial charge in [-0.05, 0) is 85.2 Å². The number of aldehydes is 1. The lowest BCUT2D eigenvalue weighted by Gasteiger charge is -2.36. The van der Waals surface area contributed by atoms with E-state index in [0.717, 1.165) is 58.7 Å². The van der Waals surface area contributed by atoms with Crippen molar-refractivity contribution in [2.24, 2.45) is 11.8 Å². The summed E-state index contributed by atoms with van der Waals surface area (Å²) in [5.74, 6) is 0.171.